The minimum Gasteiger partial charge on any atom is -0.460 e. The van der Waals surface area contributed by atoms with Gasteiger partial charge in [-0.05, 0) is 26.0 Å². The Morgan fingerprint density at radius 3 is 1.82 bits per heavy atom. The van der Waals surface area contributed by atoms with Crippen molar-refractivity contribution in [2.75, 3.05) is 40.6 Å². The fraction of sp³-hybridized carbons (Fsp3) is 0.300. The van der Waals surface area contributed by atoms with Crippen molar-refractivity contribution in [2.24, 2.45) is 0 Å². The lowest BCUT2D eigenvalue weighted by atomic mass is 9.79. The van der Waals surface area contributed by atoms with E-state index in [2.05, 4.69) is 5.32 Å². The van der Waals surface area contributed by atoms with Gasteiger partial charge in [0.25, 0.3) is 0 Å². The highest BCUT2D eigenvalue weighted by molar-refractivity contribution is 6.00. The summed E-state index contributed by atoms with van der Waals surface area (Å²) in [5, 5.41) is 8.11. The molecule has 0 bridgehead atoms. The number of para-hydroxylation sites is 1. The van der Waals surface area contributed by atoms with Crippen molar-refractivity contribution < 1.29 is 28.5 Å². The van der Waals surface area contributed by atoms with E-state index in [1.807, 2.05) is 66.9 Å². The van der Waals surface area contributed by atoms with E-state index in [9.17, 15) is 9.59 Å². The quantitative estimate of drug-likeness (QED) is 0.291. The van der Waals surface area contributed by atoms with Crippen LogP contribution in [-0.2, 0) is 28.5 Å². The molecule has 0 saturated heterocycles. The zero-order valence-corrected chi connectivity index (χ0v) is 22.6. The highest BCUT2D eigenvalue weighted by atomic mass is 16.6. The average Bonchev–Trinajstić information content (AvgIpc) is 3.39. The molecule has 0 unspecified atom stereocenters. The number of methoxy groups -OCH3 is 2. The Kier molecular flexibility index (Phi) is 9.30. The average molecular weight is 532 g/mol. The number of nitrogens with one attached hydrogen (secondary N) is 1. The number of hydrogen-bond acceptors (Lipinski definition) is 8. The molecule has 1 N–H and O–H groups in total. The third-order valence-corrected chi connectivity index (χ3v) is 6.36. The fourth-order valence-corrected chi connectivity index (χ4v) is 4.57. The van der Waals surface area contributed by atoms with Crippen LogP contribution in [0.5, 0.6) is 0 Å². The number of ether oxygens (including phenoxy) is 4. The lowest BCUT2D eigenvalue weighted by Crippen LogP contribution is -2.33. The van der Waals surface area contributed by atoms with E-state index in [4.69, 9.17) is 24.0 Å². The Labute approximate surface area is 228 Å². The highest BCUT2D eigenvalue weighted by Gasteiger charge is 2.40. The summed E-state index contributed by atoms with van der Waals surface area (Å²) >= 11 is 0. The lowest BCUT2D eigenvalue weighted by Gasteiger charge is -2.30. The number of benzene rings is 2. The molecule has 4 rings (SSSR count). The maximum Gasteiger partial charge on any atom is 0.336 e. The van der Waals surface area contributed by atoms with Crippen LogP contribution in [0.25, 0.3) is 16.9 Å². The number of allylic oxidation sites excluding steroid dienone is 2. The van der Waals surface area contributed by atoms with E-state index in [-0.39, 0.29) is 26.4 Å². The molecule has 0 saturated carbocycles. The van der Waals surface area contributed by atoms with Crippen LogP contribution < -0.4 is 5.32 Å². The third kappa shape index (κ3) is 6.27. The number of esters is 2. The van der Waals surface area contributed by atoms with Crippen molar-refractivity contribution in [2.45, 2.75) is 19.8 Å². The van der Waals surface area contributed by atoms with Crippen LogP contribution in [0, 0.1) is 0 Å². The Morgan fingerprint density at radius 2 is 1.31 bits per heavy atom. The number of nitrogens with zero attached hydrogens (tertiary/aromatic N) is 2. The summed E-state index contributed by atoms with van der Waals surface area (Å²) < 4.78 is 23.0. The summed E-state index contributed by atoms with van der Waals surface area (Å²) in [5.41, 5.74) is 4.76. The van der Waals surface area contributed by atoms with E-state index < -0.39 is 17.9 Å². The first-order valence-corrected chi connectivity index (χ1v) is 12.7. The first-order chi connectivity index (χ1) is 19.0. The second-order valence-corrected chi connectivity index (χ2v) is 8.97. The minimum atomic E-state index is -0.802. The summed E-state index contributed by atoms with van der Waals surface area (Å²) in [7, 11) is 3.07. The maximum absolute atomic E-state index is 13.5. The molecule has 1 aliphatic heterocycles. The van der Waals surface area contributed by atoms with Crippen LogP contribution in [0.2, 0.25) is 0 Å². The predicted molar refractivity (Wildman–Crippen MR) is 146 cm³/mol. The van der Waals surface area contributed by atoms with Crippen molar-refractivity contribution in [1.29, 1.82) is 0 Å². The minimum absolute atomic E-state index is 0.0734. The van der Waals surface area contributed by atoms with Crippen molar-refractivity contribution in [3.05, 3.63) is 95.0 Å². The van der Waals surface area contributed by atoms with Gasteiger partial charge in [0.2, 0.25) is 0 Å². The molecule has 0 amide bonds. The van der Waals surface area contributed by atoms with Crippen LogP contribution in [0.4, 0.5) is 0 Å². The first kappa shape index (κ1) is 27.8. The normalized spacial score (nSPS) is 13.8. The second kappa shape index (κ2) is 13.0. The van der Waals surface area contributed by atoms with Gasteiger partial charge in [0.1, 0.15) is 13.2 Å². The molecule has 2 aromatic carbocycles. The SMILES string of the molecule is COCCOC(=O)C1=C(C)NC(C)=C(C(=O)OCCOC)C1c1cn(-c2ccccc2)nc1-c1ccccc1. The second-order valence-electron chi connectivity index (χ2n) is 8.97. The van der Waals surface area contributed by atoms with Crippen LogP contribution in [-0.4, -0.2) is 62.4 Å². The molecule has 9 nitrogen and oxygen atoms in total. The monoisotopic (exact) mass is 531 g/mol. The van der Waals surface area contributed by atoms with Gasteiger partial charge in [-0.2, -0.15) is 5.10 Å². The molecule has 39 heavy (non-hydrogen) atoms. The number of carbonyl (C=O) groups is 2. The number of aromatic nitrogens is 2. The van der Waals surface area contributed by atoms with Gasteiger partial charge < -0.3 is 24.3 Å². The van der Waals surface area contributed by atoms with E-state index >= 15 is 0 Å². The molecule has 9 heteroatoms. The molecule has 0 radical (unpaired) electrons. The van der Waals surface area contributed by atoms with E-state index in [0.717, 1.165) is 11.3 Å². The first-order valence-electron chi connectivity index (χ1n) is 12.7. The number of dihydropyridines is 1. The van der Waals surface area contributed by atoms with Crippen molar-refractivity contribution in [3.63, 3.8) is 0 Å². The molecule has 1 aromatic heterocycles. The van der Waals surface area contributed by atoms with Crippen LogP contribution in [0.3, 0.4) is 0 Å². The molecule has 0 aliphatic carbocycles. The maximum atomic E-state index is 13.5. The molecular weight excluding hydrogens is 498 g/mol. The zero-order valence-electron chi connectivity index (χ0n) is 22.6. The molecular formula is C30H33N3O6. The van der Waals surface area contributed by atoms with Crippen molar-refractivity contribution in [3.8, 4) is 16.9 Å². The van der Waals surface area contributed by atoms with Gasteiger partial charge in [-0.25, -0.2) is 14.3 Å². The Bertz CT molecular complexity index is 1320. The number of hydrogen-bond donors (Lipinski definition) is 1. The molecule has 1 aliphatic rings. The largest absolute Gasteiger partial charge is 0.460 e. The lowest BCUT2D eigenvalue weighted by molar-refractivity contribution is -0.141. The Balaban J connectivity index is 1.91. The number of rotatable bonds is 11. The molecule has 0 fully saturated rings. The van der Waals surface area contributed by atoms with E-state index in [1.165, 1.54) is 14.2 Å². The predicted octanol–water partition coefficient (Wildman–Crippen LogP) is 4.15. The molecule has 204 valence electrons. The van der Waals surface area contributed by atoms with E-state index in [0.29, 0.717) is 33.8 Å². The third-order valence-electron chi connectivity index (χ3n) is 6.36. The van der Waals surface area contributed by atoms with Gasteiger partial charge in [-0.1, -0.05) is 48.5 Å². The smallest absolute Gasteiger partial charge is 0.336 e. The summed E-state index contributed by atoms with van der Waals surface area (Å²) in [4.78, 5) is 27.1. The van der Waals surface area contributed by atoms with Crippen molar-refractivity contribution in [1.82, 2.24) is 15.1 Å². The Hall–Kier alpha value is -4.21. The summed E-state index contributed by atoms with van der Waals surface area (Å²) in [5.74, 6) is -1.91. The van der Waals surface area contributed by atoms with Gasteiger partial charge in [-0.3, -0.25) is 0 Å². The molecule has 0 spiro atoms. The van der Waals surface area contributed by atoms with Crippen LogP contribution >= 0.6 is 0 Å². The molecule has 0 atom stereocenters. The van der Waals surface area contributed by atoms with Gasteiger partial charge in [0.05, 0.1) is 41.7 Å². The fourth-order valence-electron chi connectivity index (χ4n) is 4.57. The van der Waals surface area contributed by atoms with Gasteiger partial charge in [0.15, 0.2) is 0 Å². The summed E-state index contributed by atoms with van der Waals surface area (Å²) in [6.07, 6.45) is 1.86. The van der Waals surface area contributed by atoms with Crippen LogP contribution in [0.15, 0.2) is 89.4 Å². The standard InChI is InChI=1S/C30H33N3O6/c1-20-25(29(34)38-17-15-36-3)27(26(21(2)31-20)30(35)39-18-16-37-4)24-19-33(23-13-9-6-10-14-23)32-28(24)22-11-7-5-8-12-22/h5-14,19,27,31H,15-18H2,1-4H3. The van der Waals surface area contributed by atoms with Gasteiger partial charge in [0, 0.05) is 42.9 Å². The molecule has 3 aromatic rings. The molecule has 2 heterocycles. The topological polar surface area (TPSA) is 101 Å². The Morgan fingerprint density at radius 1 is 0.795 bits per heavy atom. The van der Waals surface area contributed by atoms with Gasteiger partial charge in [-0.15, -0.1) is 0 Å². The van der Waals surface area contributed by atoms with E-state index in [1.54, 1.807) is 18.5 Å². The number of carbonyl (C=O) groups excluding carboxylic acids is 2. The summed E-state index contributed by atoms with van der Waals surface area (Å²) in [6, 6.07) is 19.3. The zero-order chi connectivity index (χ0) is 27.8. The highest BCUT2D eigenvalue weighted by Crippen LogP contribution is 2.43. The van der Waals surface area contributed by atoms with Gasteiger partial charge >= 0.3 is 11.9 Å². The van der Waals surface area contributed by atoms with Crippen LogP contribution in [0.1, 0.15) is 25.3 Å². The van der Waals surface area contributed by atoms with Crippen molar-refractivity contribution >= 4 is 11.9 Å². The summed E-state index contributed by atoms with van der Waals surface area (Å²) in [6.45, 7) is 4.23.